The lowest BCUT2D eigenvalue weighted by Crippen LogP contribution is -2.24. The van der Waals surface area contributed by atoms with Gasteiger partial charge >= 0.3 is 11.9 Å². The van der Waals surface area contributed by atoms with Crippen LogP contribution >= 0.6 is 60.7 Å². The molecule has 0 radical (unpaired) electrons. The molecule has 0 bridgehead atoms. The minimum atomic E-state index is -2.78. The van der Waals surface area contributed by atoms with E-state index in [0.717, 1.165) is 31.8 Å². The molecule has 336 valence electrons. The lowest BCUT2D eigenvalue weighted by Gasteiger charge is -2.19. The Kier molecular flexibility index (Phi) is 19.7. The highest BCUT2D eigenvalue weighted by molar-refractivity contribution is 7.85. The van der Waals surface area contributed by atoms with Gasteiger partial charge in [0.15, 0.2) is 27.5 Å². The monoisotopic (exact) mass is 996 g/mol. The number of hydrogen-bond acceptors (Lipinski definition) is 6. The van der Waals surface area contributed by atoms with Crippen LogP contribution in [0, 0.1) is 0 Å². The van der Waals surface area contributed by atoms with Crippen molar-refractivity contribution in [1.29, 1.82) is 0 Å². The predicted molar refractivity (Wildman–Crippen MR) is 271 cm³/mol. The minimum absolute atomic E-state index is 0.338. The molecule has 8 rings (SSSR count). The summed E-state index contributed by atoms with van der Waals surface area (Å²) >= 11 is 22.6. The van der Waals surface area contributed by atoms with E-state index in [4.69, 9.17) is 66.1 Å². The maximum absolute atomic E-state index is 13.8. The number of halogens is 4. The van der Waals surface area contributed by atoms with Gasteiger partial charge in [-0.25, -0.2) is 9.59 Å². The fourth-order valence-electron chi connectivity index (χ4n) is 6.15. The van der Waals surface area contributed by atoms with Crippen molar-refractivity contribution in [2.24, 2.45) is 0 Å². The highest BCUT2D eigenvalue weighted by Crippen LogP contribution is 2.43. The van der Waals surface area contributed by atoms with E-state index in [1.807, 2.05) is 182 Å². The summed E-state index contributed by atoms with van der Waals surface area (Å²) in [5.74, 6) is -1.30. The van der Waals surface area contributed by atoms with Crippen molar-refractivity contribution in [2.75, 3.05) is 13.2 Å². The smallest absolute Gasteiger partial charge is 0.341 e. The number of benzene rings is 8. The molecule has 0 atom stereocenters. The van der Waals surface area contributed by atoms with Gasteiger partial charge in [0.1, 0.15) is 11.5 Å². The standard InChI is InChI=1S/2C18H15OP.2C8H6Cl2O3/c2*19-20(16-10-4-1-5-11-16,17-12-6-2-7-13-17)18-14-8-3-9-15-18;2*9-6-2-1-5(3-7(6)10)13-4-8(11)12/h2*1-15H;2*1-3H,4H2,(H,11,12). The molecule has 0 aromatic heterocycles. The van der Waals surface area contributed by atoms with E-state index in [0.29, 0.717) is 31.6 Å². The van der Waals surface area contributed by atoms with Gasteiger partial charge in [-0.05, 0) is 24.3 Å². The zero-order chi connectivity index (χ0) is 47.4. The van der Waals surface area contributed by atoms with E-state index in [1.165, 1.54) is 12.1 Å². The molecule has 0 amide bonds. The Bertz CT molecular complexity index is 2460. The summed E-state index contributed by atoms with van der Waals surface area (Å²) in [7, 11) is -5.55. The third-order valence-corrected chi connectivity index (χ3v) is 16.9. The van der Waals surface area contributed by atoms with E-state index in [2.05, 4.69) is 0 Å². The number of carboxylic acids is 2. The van der Waals surface area contributed by atoms with Crippen molar-refractivity contribution < 1.29 is 38.4 Å². The number of carboxylic acid groups (broad SMARTS) is 2. The summed E-state index contributed by atoms with van der Waals surface area (Å²) in [6.45, 7) is -0.782. The summed E-state index contributed by atoms with van der Waals surface area (Å²) in [6, 6.07) is 67.4. The molecular formula is C52H42Cl4O8P2. The van der Waals surface area contributed by atoms with Gasteiger partial charge in [0.2, 0.25) is 0 Å². The van der Waals surface area contributed by atoms with Gasteiger partial charge in [-0.2, -0.15) is 0 Å². The molecule has 0 fully saturated rings. The number of rotatable bonds is 12. The van der Waals surface area contributed by atoms with Crippen molar-refractivity contribution in [3.63, 3.8) is 0 Å². The third kappa shape index (κ3) is 14.5. The number of ether oxygens (including phenoxy) is 2. The van der Waals surface area contributed by atoms with Crippen LogP contribution in [0.2, 0.25) is 20.1 Å². The van der Waals surface area contributed by atoms with E-state index in [1.54, 1.807) is 24.3 Å². The highest BCUT2D eigenvalue weighted by atomic mass is 35.5. The molecule has 2 N–H and O–H groups in total. The van der Waals surface area contributed by atoms with Crippen molar-refractivity contribution in [3.05, 3.63) is 238 Å². The van der Waals surface area contributed by atoms with Gasteiger partial charge in [0.05, 0.1) is 20.1 Å². The largest absolute Gasteiger partial charge is 0.482 e. The average Bonchev–Trinajstić information content (AvgIpc) is 3.36. The van der Waals surface area contributed by atoms with Crippen LogP contribution in [0.25, 0.3) is 0 Å². The maximum atomic E-state index is 13.8. The van der Waals surface area contributed by atoms with Crippen molar-refractivity contribution in [2.45, 2.75) is 0 Å². The topological polar surface area (TPSA) is 127 Å². The lowest BCUT2D eigenvalue weighted by atomic mass is 10.3. The number of hydrogen-bond donors (Lipinski definition) is 2. The van der Waals surface area contributed by atoms with Crippen LogP contribution in [0.3, 0.4) is 0 Å². The van der Waals surface area contributed by atoms with Crippen molar-refractivity contribution >= 4 is 104 Å². The molecule has 14 heteroatoms. The average molecular weight is 999 g/mol. The Balaban J connectivity index is 0.000000169. The zero-order valence-electron chi connectivity index (χ0n) is 34.9. The van der Waals surface area contributed by atoms with Crippen LogP contribution in [0.5, 0.6) is 11.5 Å². The first-order chi connectivity index (χ1) is 31.8. The number of aliphatic carboxylic acids is 2. The highest BCUT2D eigenvalue weighted by Gasteiger charge is 2.30. The van der Waals surface area contributed by atoms with Gasteiger partial charge < -0.3 is 28.8 Å². The Morgan fingerprint density at radius 1 is 0.348 bits per heavy atom. The van der Waals surface area contributed by atoms with Gasteiger partial charge in [-0.1, -0.05) is 228 Å². The normalized spacial score (nSPS) is 10.6. The van der Waals surface area contributed by atoms with Crippen LogP contribution in [0.15, 0.2) is 218 Å². The van der Waals surface area contributed by atoms with Gasteiger partial charge in [0, 0.05) is 44.0 Å². The van der Waals surface area contributed by atoms with E-state index >= 15 is 0 Å². The van der Waals surface area contributed by atoms with E-state index in [9.17, 15) is 18.7 Å². The molecular weight excluding hydrogens is 956 g/mol. The first-order valence-corrected chi connectivity index (χ1v) is 24.9. The Labute approximate surface area is 403 Å². The second kappa shape index (κ2) is 25.6. The van der Waals surface area contributed by atoms with Crippen molar-refractivity contribution in [3.8, 4) is 11.5 Å². The van der Waals surface area contributed by atoms with Crippen LogP contribution in [0.4, 0.5) is 0 Å². The van der Waals surface area contributed by atoms with Gasteiger partial charge in [0.25, 0.3) is 0 Å². The summed E-state index contributed by atoms with van der Waals surface area (Å²) in [5, 5.41) is 23.4. The predicted octanol–water partition coefficient (Wildman–Crippen LogP) is 11.6. The summed E-state index contributed by atoms with van der Waals surface area (Å²) in [4.78, 5) is 20.3. The SMILES string of the molecule is O=C(O)COc1ccc(Cl)c(Cl)c1.O=C(O)COc1ccc(Cl)c(Cl)c1.O=P(c1ccccc1)(c1ccccc1)c1ccccc1.O=P(c1ccccc1)(c1ccccc1)c1ccccc1. The molecule has 0 saturated carbocycles. The Morgan fingerprint density at radius 2 is 0.561 bits per heavy atom. The maximum Gasteiger partial charge on any atom is 0.341 e. The Morgan fingerprint density at radius 3 is 0.742 bits per heavy atom. The van der Waals surface area contributed by atoms with E-state index in [-0.39, 0.29) is 0 Å². The Hall–Kier alpha value is -6.08. The summed E-state index contributed by atoms with van der Waals surface area (Å²) < 4.78 is 37.4. The first-order valence-electron chi connectivity index (χ1n) is 20.0. The van der Waals surface area contributed by atoms with Crippen LogP contribution < -0.4 is 41.3 Å². The number of carbonyl (C=O) groups is 2. The molecule has 66 heavy (non-hydrogen) atoms. The molecule has 8 nitrogen and oxygen atoms in total. The molecule has 8 aromatic carbocycles. The molecule has 0 spiro atoms. The molecule has 0 heterocycles. The molecule has 0 unspecified atom stereocenters. The van der Waals surface area contributed by atoms with Crippen LogP contribution in [-0.2, 0) is 18.7 Å². The summed E-state index contributed by atoms with van der Waals surface area (Å²) in [6.07, 6.45) is 0. The van der Waals surface area contributed by atoms with Gasteiger partial charge in [-0.3, -0.25) is 0 Å². The fourth-order valence-corrected chi connectivity index (χ4v) is 12.1. The fraction of sp³-hybridized carbons (Fsp3) is 0.0385. The molecule has 0 aliphatic heterocycles. The van der Waals surface area contributed by atoms with Crippen LogP contribution in [-0.4, -0.2) is 35.4 Å². The van der Waals surface area contributed by atoms with Crippen LogP contribution in [0.1, 0.15) is 0 Å². The quantitative estimate of drug-likeness (QED) is 0.116. The van der Waals surface area contributed by atoms with Gasteiger partial charge in [-0.15, -0.1) is 0 Å². The summed E-state index contributed by atoms with van der Waals surface area (Å²) in [5.41, 5.74) is 0. The first kappa shape index (κ1) is 50.9. The molecule has 8 aromatic rings. The molecule has 0 aliphatic rings. The molecule has 0 saturated heterocycles. The zero-order valence-corrected chi connectivity index (χ0v) is 39.8. The molecule has 0 aliphatic carbocycles. The second-order valence-corrected chi connectivity index (χ2v) is 20.9. The third-order valence-electron chi connectivity index (χ3n) is 9.23. The second-order valence-electron chi connectivity index (χ2n) is 13.7. The van der Waals surface area contributed by atoms with Crippen molar-refractivity contribution in [1.82, 2.24) is 0 Å². The minimum Gasteiger partial charge on any atom is -0.482 e. The lowest BCUT2D eigenvalue weighted by molar-refractivity contribution is -0.140. The van der Waals surface area contributed by atoms with E-state index < -0.39 is 39.4 Å².